The fourth-order valence-electron chi connectivity index (χ4n) is 3.25. The number of benzene rings is 2. The van der Waals surface area contributed by atoms with Crippen LogP contribution in [0, 0.1) is 6.92 Å². The van der Waals surface area contributed by atoms with E-state index in [2.05, 4.69) is 11.4 Å². The van der Waals surface area contributed by atoms with Gasteiger partial charge in [0.25, 0.3) is 5.56 Å². The van der Waals surface area contributed by atoms with Crippen molar-refractivity contribution in [3.8, 4) is 0 Å². The van der Waals surface area contributed by atoms with Gasteiger partial charge in [0.2, 0.25) is 5.91 Å². The highest BCUT2D eigenvalue weighted by molar-refractivity contribution is 6.01. The first kappa shape index (κ1) is 19.8. The van der Waals surface area contributed by atoms with E-state index >= 15 is 0 Å². The van der Waals surface area contributed by atoms with Crippen molar-refractivity contribution in [1.82, 2.24) is 9.47 Å². The zero-order valence-corrected chi connectivity index (χ0v) is 16.7. The van der Waals surface area contributed by atoms with Crippen LogP contribution in [-0.2, 0) is 17.8 Å². The van der Waals surface area contributed by atoms with Crippen molar-refractivity contribution in [3.63, 3.8) is 0 Å². The number of carbonyl (C=O) groups is 1. The fourth-order valence-corrected chi connectivity index (χ4v) is 3.25. The number of amides is 1. The molecule has 5 heteroatoms. The van der Waals surface area contributed by atoms with Crippen LogP contribution in [0.4, 0.5) is 5.69 Å². The van der Waals surface area contributed by atoms with Gasteiger partial charge < -0.3 is 14.8 Å². The molecule has 2 aromatic carbocycles. The van der Waals surface area contributed by atoms with Gasteiger partial charge in [0.15, 0.2) is 0 Å². The standard InChI is InChI=1S/C23H27N3O2/c1-17-6-4-7-18(16-17)10-11-22(27)24-21-9-5-8-20-19(21)12-13-26(23(20)28)15-14-25(2)3/h4-9,12-13,16H,10-11,14-15H2,1-3H3,(H,24,27). The number of likely N-dealkylation sites (N-methyl/N-ethyl adjacent to an activating group) is 1. The smallest absolute Gasteiger partial charge is 0.258 e. The summed E-state index contributed by atoms with van der Waals surface area (Å²) in [6.07, 6.45) is 2.89. The van der Waals surface area contributed by atoms with Crippen LogP contribution in [0.25, 0.3) is 10.8 Å². The van der Waals surface area contributed by atoms with Crippen LogP contribution in [-0.4, -0.2) is 36.0 Å². The van der Waals surface area contributed by atoms with Crippen LogP contribution >= 0.6 is 0 Å². The number of anilines is 1. The van der Waals surface area contributed by atoms with Gasteiger partial charge in [-0.05, 0) is 51.2 Å². The number of hydrogen-bond donors (Lipinski definition) is 1. The zero-order valence-electron chi connectivity index (χ0n) is 16.7. The van der Waals surface area contributed by atoms with Crippen LogP contribution in [0.15, 0.2) is 59.5 Å². The molecule has 3 aromatic rings. The molecular weight excluding hydrogens is 350 g/mol. The molecule has 0 saturated heterocycles. The van der Waals surface area contributed by atoms with Gasteiger partial charge in [0.05, 0.1) is 0 Å². The molecule has 1 aromatic heterocycles. The van der Waals surface area contributed by atoms with Gasteiger partial charge in [-0.1, -0.05) is 35.9 Å². The molecule has 0 fully saturated rings. The molecule has 0 radical (unpaired) electrons. The topological polar surface area (TPSA) is 54.3 Å². The minimum absolute atomic E-state index is 0.0322. The van der Waals surface area contributed by atoms with E-state index in [9.17, 15) is 9.59 Å². The average Bonchev–Trinajstić information content (AvgIpc) is 2.66. The van der Waals surface area contributed by atoms with Crippen molar-refractivity contribution in [2.75, 3.05) is 26.0 Å². The van der Waals surface area contributed by atoms with E-state index in [4.69, 9.17) is 0 Å². The van der Waals surface area contributed by atoms with Crippen molar-refractivity contribution < 1.29 is 4.79 Å². The molecule has 0 saturated carbocycles. The molecule has 1 N–H and O–H groups in total. The molecule has 0 atom stereocenters. The Hall–Kier alpha value is -2.92. The number of nitrogens with zero attached hydrogens (tertiary/aromatic N) is 2. The molecule has 1 amide bonds. The van der Waals surface area contributed by atoms with Crippen molar-refractivity contribution in [2.45, 2.75) is 26.3 Å². The van der Waals surface area contributed by atoms with Gasteiger partial charge in [-0.15, -0.1) is 0 Å². The SMILES string of the molecule is Cc1cccc(CCC(=O)Nc2cccc3c(=O)n(CCN(C)C)ccc23)c1. The van der Waals surface area contributed by atoms with Gasteiger partial charge in [-0.2, -0.15) is 0 Å². The molecule has 0 unspecified atom stereocenters. The lowest BCUT2D eigenvalue weighted by Crippen LogP contribution is -2.26. The van der Waals surface area contributed by atoms with E-state index in [1.807, 2.05) is 68.4 Å². The molecule has 0 spiro atoms. The summed E-state index contributed by atoms with van der Waals surface area (Å²) >= 11 is 0. The van der Waals surface area contributed by atoms with Crippen LogP contribution in [0.2, 0.25) is 0 Å². The number of rotatable bonds is 7. The van der Waals surface area contributed by atoms with Gasteiger partial charge in [0.1, 0.15) is 0 Å². The van der Waals surface area contributed by atoms with Crippen molar-refractivity contribution in [3.05, 3.63) is 76.2 Å². The summed E-state index contributed by atoms with van der Waals surface area (Å²) in [6.45, 7) is 3.47. The summed E-state index contributed by atoms with van der Waals surface area (Å²) in [5.74, 6) is -0.0502. The first-order chi connectivity index (χ1) is 13.4. The quantitative estimate of drug-likeness (QED) is 0.686. The highest BCUT2D eigenvalue weighted by Crippen LogP contribution is 2.21. The molecule has 146 valence electrons. The Morgan fingerprint density at radius 1 is 1.07 bits per heavy atom. The molecule has 0 bridgehead atoms. The maximum Gasteiger partial charge on any atom is 0.258 e. The maximum absolute atomic E-state index is 12.8. The first-order valence-electron chi connectivity index (χ1n) is 9.56. The Labute approximate surface area is 165 Å². The Balaban J connectivity index is 1.74. The lowest BCUT2D eigenvalue weighted by atomic mass is 10.1. The van der Waals surface area contributed by atoms with Crippen LogP contribution in [0.1, 0.15) is 17.5 Å². The lowest BCUT2D eigenvalue weighted by Gasteiger charge is -2.13. The van der Waals surface area contributed by atoms with E-state index in [-0.39, 0.29) is 11.5 Å². The third-order valence-corrected chi connectivity index (χ3v) is 4.80. The minimum atomic E-state index is -0.0502. The molecular formula is C23H27N3O2. The van der Waals surface area contributed by atoms with Gasteiger partial charge >= 0.3 is 0 Å². The number of fused-ring (bicyclic) bond motifs is 1. The van der Waals surface area contributed by atoms with E-state index in [1.54, 1.807) is 10.8 Å². The van der Waals surface area contributed by atoms with Gasteiger partial charge in [-0.3, -0.25) is 9.59 Å². The summed E-state index contributed by atoms with van der Waals surface area (Å²) in [5, 5.41) is 4.37. The number of pyridine rings is 1. The van der Waals surface area contributed by atoms with Gasteiger partial charge in [-0.25, -0.2) is 0 Å². The van der Waals surface area contributed by atoms with Crippen LogP contribution < -0.4 is 10.9 Å². The van der Waals surface area contributed by atoms with E-state index in [0.717, 1.165) is 17.5 Å². The Kier molecular flexibility index (Phi) is 6.26. The van der Waals surface area contributed by atoms with Gasteiger partial charge in [0, 0.05) is 42.2 Å². The number of aryl methyl sites for hydroxylation is 2. The lowest BCUT2D eigenvalue weighted by molar-refractivity contribution is -0.116. The summed E-state index contributed by atoms with van der Waals surface area (Å²) in [6, 6.07) is 15.6. The van der Waals surface area contributed by atoms with Crippen LogP contribution in [0.3, 0.4) is 0 Å². The number of nitrogens with one attached hydrogen (secondary N) is 1. The molecule has 3 rings (SSSR count). The van der Waals surface area contributed by atoms with Crippen molar-refractivity contribution >= 4 is 22.4 Å². The molecule has 5 nitrogen and oxygen atoms in total. The molecule has 0 aliphatic carbocycles. The fraction of sp³-hybridized carbons (Fsp3) is 0.304. The normalized spacial score (nSPS) is 11.1. The number of carbonyl (C=O) groups excluding carboxylic acids is 1. The summed E-state index contributed by atoms with van der Waals surface area (Å²) in [5.41, 5.74) is 2.99. The molecule has 0 aliphatic heterocycles. The second kappa shape index (κ2) is 8.85. The van der Waals surface area contributed by atoms with E-state index < -0.39 is 0 Å². The van der Waals surface area contributed by atoms with E-state index in [0.29, 0.717) is 30.5 Å². The predicted molar refractivity (Wildman–Crippen MR) is 115 cm³/mol. The monoisotopic (exact) mass is 377 g/mol. The predicted octanol–water partition coefficient (Wildman–Crippen LogP) is 3.44. The summed E-state index contributed by atoms with van der Waals surface area (Å²) in [4.78, 5) is 27.2. The summed E-state index contributed by atoms with van der Waals surface area (Å²) < 4.78 is 1.71. The van der Waals surface area contributed by atoms with Crippen LogP contribution in [0.5, 0.6) is 0 Å². The molecule has 0 aliphatic rings. The van der Waals surface area contributed by atoms with E-state index in [1.165, 1.54) is 5.56 Å². The highest BCUT2D eigenvalue weighted by atomic mass is 16.1. The second-order valence-corrected chi connectivity index (χ2v) is 7.42. The minimum Gasteiger partial charge on any atom is -0.326 e. The van der Waals surface area contributed by atoms with Crippen molar-refractivity contribution in [2.24, 2.45) is 0 Å². The molecule has 28 heavy (non-hydrogen) atoms. The maximum atomic E-state index is 12.8. The Morgan fingerprint density at radius 2 is 1.86 bits per heavy atom. The first-order valence-corrected chi connectivity index (χ1v) is 9.56. The zero-order chi connectivity index (χ0) is 20.1. The second-order valence-electron chi connectivity index (χ2n) is 7.42. The number of hydrogen-bond acceptors (Lipinski definition) is 3. The highest BCUT2D eigenvalue weighted by Gasteiger charge is 2.10. The Morgan fingerprint density at radius 3 is 2.61 bits per heavy atom. The third kappa shape index (κ3) is 4.87. The number of aromatic nitrogens is 1. The Bertz CT molecular complexity index is 1040. The third-order valence-electron chi connectivity index (χ3n) is 4.80. The largest absolute Gasteiger partial charge is 0.326 e. The molecule has 1 heterocycles. The summed E-state index contributed by atoms with van der Waals surface area (Å²) in [7, 11) is 3.97. The van der Waals surface area contributed by atoms with Crippen molar-refractivity contribution in [1.29, 1.82) is 0 Å². The average molecular weight is 377 g/mol.